The lowest BCUT2D eigenvalue weighted by Gasteiger charge is -2.38. The molecule has 194 valence electrons. The van der Waals surface area contributed by atoms with E-state index in [1.807, 2.05) is 48.5 Å². The third-order valence-corrected chi connectivity index (χ3v) is 7.49. The first-order valence-electron chi connectivity index (χ1n) is 12.7. The SMILES string of the molecule is COc1ccc2nccc([C@@H](O)CCC3CCN(CC#Cc4ccc(Cl)cc4)CC3CCC(=O)O)c2c1. The molecule has 0 spiro atoms. The van der Waals surface area contributed by atoms with Crippen molar-refractivity contribution in [3.8, 4) is 17.6 Å². The van der Waals surface area contributed by atoms with E-state index in [-0.39, 0.29) is 12.3 Å². The van der Waals surface area contributed by atoms with E-state index < -0.39 is 12.1 Å². The summed E-state index contributed by atoms with van der Waals surface area (Å²) in [6.45, 7) is 2.38. The molecule has 1 fully saturated rings. The first-order chi connectivity index (χ1) is 17.9. The van der Waals surface area contributed by atoms with Gasteiger partial charge in [-0.1, -0.05) is 23.4 Å². The second kappa shape index (κ2) is 12.9. The molecule has 3 aromatic rings. The standard InChI is InChI=1S/C30H33ClN2O4/c1-37-25-10-11-28-27(19-25)26(14-16-32-28)29(34)12-6-22-15-18-33(20-23(22)7-13-30(35)36)17-2-3-21-4-8-24(31)9-5-21/h4-5,8-11,14,16,19,22-23,29,34H,6-7,12-13,15,17-18,20H2,1H3,(H,35,36)/t22?,23?,29-/m0/s1. The number of carboxylic acids is 1. The van der Waals surface area contributed by atoms with Crippen LogP contribution < -0.4 is 4.74 Å². The molecule has 2 N–H and O–H groups in total. The third kappa shape index (κ3) is 7.45. The summed E-state index contributed by atoms with van der Waals surface area (Å²) in [5.41, 5.74) is 2.60. The van der Waals surface area contributed by atoms with Gasteiger partial charge in [-0.25, -0.2) is 0 Å². The predicted octanol–water partition coefficient (Wildman–Crippen LogP) is 5.57. The van der Waals surface area contributed by atoms with Crippen LogP contribution in [0.3, 0.4) is 0 Å². The number of halogens is 1. The van der Waals surface area contributed by atoms with Gasteiger partial charge >= 0.3 is 5.97 Å². The summed E-state index contributed by atoms with van der Waals surface area (Å²) in [7, 11) is 1.63. The smallest absolute Gasteiger partial charge is 0.303 e. The minimum Gasteiger partial charge on any atom is -0.497 e. The van der Waals surface area contributed by atoms with Crippen molar-refractivity contribution in [1.82, 2.24) is 9.88 Å². The number of nitrogens with zero attached hydrogens (tertiary/aromatic N) is 2. The molecule has 1 aromatic heterocycles. The number of methoxy groups -OCH3 is 1. The quantitative estimate of drug-likeness (QED) is 0.359. The molecule has 7 heteroatoms. The number of benzene rings is 2. The molecule has 0 bridgehead atoms. The number of aliphatic hydroxyl groups excluding tert-OH is 1. The number of likely N-dealkylation sites (tertiary alicyclic amines) is 1. The number of piperidine rings is 1. The van der Waals surface area contributed by atoms with Crippen LogP contribution in [0.1, 0.15) is 49.3 Å². The van der Waals surface area contributed by atoms with Crippen LogP contribution in [0.2, 0.25) is 5.02 Å². The van der Waals surface area contributed by atoms with Crippen molar-refractivity contribution in [3.63, 3.8) is 0 Å². The van der Waals surface area contributed by atoms with Gasteiger partial charge in [-0.05, 0) is 98.2 Å². The Morgan fingerprint density at radius 2 is 2.00 bits per heavy atom. The molecule has 2 aromatic carbocycles. The number of fused-ring (bicyclic) bond motifs is 1. The van der Waals surface area contributed by atoms with Crippen LogP contribution in [0.4, 0.5) is 0 Å². The van der Waals surface area contributed by atoms with Gasteiger partial charge < -0.3 is 14.9 Å². The van der Waals surface area contributed by atoms with E-state index in [0.717, 1.165) is 53.7 Å². The van der Waals surface area contributed by atoms with Crippen LogP contribution in [0.15, 0.2) is 54.7 Å². The van der Waals surface area contributed by atoms with Crippen LogP contribution in [0, 0.1) is 23.7 Å². The van der Waals surface area contributed by atoms with Gasteiger partial charge in [0.25, 0.3) is 0 Å². The van der Waals surface area contributed by atoms with E-state index in [0.29, 0.717) is 30.3 Å². The molecule has 3 atom stereocenters. The van der Waals surface area contributed by atoms with Crippen molar-refractivity contribution < 1.29 is 19.7 Å². The summed E-state index contributed by atoms with van der Waals surface area (Å²) in [6.07, 6.45) is 4.30. The van der Waals surface area contributed by atoms with Gasteiger partial charge in [-0.15, -0.1) is 0 Å². The fourth-order valence-electron chi connectivity index (χ4n) is 5.19. The lowest BCUT2D eigenvalue weighted by molar-refractivity contribution is -0.137. The van der Waals surface area contributed by atoms with Crippen LogP contribution in [0.5, 0.6) is 5.75 Å². The summed E-state index contributed by atoms with van der Waals surface area (Å²) < 4.78 is 5.36. The van der Waals surface area contributed by atoms with Crippen molar-refractivity contribution in [2.24, 2.45) is 11.8 Å². The topological polar surface area (TPSA) is 82.9 Å². The second-order valence-electron chi connectivity index (χ2n) is 9.66. The molecule has 0 amide bonds. The molecule has 2 unspecified atom stereocenters. The van der Waals surface area contributed by atoms with Crippen LogP contribution in [-0.4, -0.2) is 52.8 Å². The van der Waals surface area contributed by atoms with E-state index in [2.05, 4.69) is 21.7 Å². The lowest BCUT2D eigenvalue weighted by Crippen LogP contribution is -2.41. The van der Waals surface area contributed by atoms with E-state index in [4.69, 9.17) is 16.3 Å². The van der Waals surface area contributed by atoms with Crippen LogP contribution >= 0.6 is 11.6 Å². The summed E-state index contributed by atoms with van der Waals surface area (Å²) in [5, 5.41) is 22.0. The normalized spacial score (nSPS) is 18.7. The maximum Gasteiger partial charge on any atom is 0.303 e. The Morgan fingerprint density at radius 3 is 2.76 bits per heavy atom. The first-order valence-corrected chi connectivity index (χ1v) is 13.1. The molecule has 1 saturated heterocycles. The molecule has 4 rings (SSSR count). The number of ether oxygens (including phenoxy) is 1. The fourth-order valence-corrected chi connectivity index (χ4v) is 5.32. The second-order valence-corrected chi connectivity index (χ2v) is 10.1. The maximum atomic E-state index is 11.3. The number of carboxylic acid groups (broad SMARTS) is 1. The van der Waals surface area contributed by atoms with Crippen LogP contribution in [-0.2, 0) is 4.79 Å². The van der Waals surface area contributed by atoms with Crippen LogP contribution in [0.25, 0.3) is 10.9 Å². The van der Waals surface area contributed by atoms with Crippen molar-refractivity contribution >= 4 is 28.5 Å². The Bertz CT molecular complexity index is 1270. The minimum absolute atomic E-state index is 0.156. The van der Waals surface area contributed by atoms with Crippen molar-refractivity contribution in [2.45, 2.75) is 38.2 Å². The molecule has 6 nitrogen and oxygen atoms in total. The van der Waals surface area contributed by atoms with Gasteiger partial charge in [0.15, 0.2) is 0 Å². The van der Waals surface area contributed by atoms with Crippen molar-refractivity contribution in [2.75, 3.05) is 26.7 Å². The Kier molecular flexibility index (Phi) is 9.40. The molecular formula is C30H33ClN2O4. The number of carbonyl (C=O) groups is 1. The highest BCUT2D eigenvalue weighted by Gasteiger charge is 2.30. The number of aliphatic hydroxyl groups is 1. The van der Waals surface area contributed by atoms with Crippen molar-refractivity contribution in [3.05, 3.63) is 70.9 Å². The predicted molar refractivity (Wildman–Crippen MR) is 146 cm³/mol. The molecule has 37 heavy (non-hydrogen) atoms. The zero-order chi connectivity index (χ0) is 26.2. The number of pyridine rings is 1. The average Bonchev–Trinajstić information content (AvgIpc) is 2.91. The summed E-state index contributed by atoms with van der Waals surface area (Å²) in [6, 6.07) is 15.0. The monoisotopic (exact) mass is 520 g/mol. The number of aromatic nitrogens is 1. The fraction of sp³-hybridized carbons (Fsp3) is 0.400. The Morgan fingerprint density at radius 1 is 1.19 bits per heavy atom. The molecule has 1 aliphatic rings. The summed E-state index contributed by atoms with van der Waals surface area (Å²) >= 11 is 5.95. The van der Waals surface area contributed by atoms with Gasteiger partial charge in [0.2, 0.25) is 0 Å². The molecule has 2 heterocycles. The molecular weight excluding hydrogens is 488 g/mol. The van der Waals surface area contributed by atoms with E-state index in [9.17, 15) is 15.0 Å². The minimum atomic E-state index is -0.768. The molecule has 0 saturated carbocycles. The van der Waals surface area contributed by atoms with E-state index in [1.165, 1.54) is 0 Å². The van der Waals surface area contributed by atoms with Gasteiger partial charge in [-0.3, -0.25) is 14.7 Å². The molecule has 1 aliphatic heterocycles. The highest BCUT2D eigenvalue weighted by atomic mass is 35.5. The summed E-state index contributed by atoms with van der Waals surface area (Å²) in [5.74, 6) is 7.01. The Hall–Kier alpha value is -3.11. The number of rotatable bonds is 9. The Labute approximate surface area is 223 Å². The largest absolute Gasteiger partial charge is 0.497 e. The van der Waals surface area contributed by atoms with E-state index >= 15 is 0 Å². The number of hydrogen-bond acceptors (Lipinski definition) is 5. The average molecular weight is 521 g/mol. The first kappa shape index (κ1) is 26.9. The van der Waals surface area contributed by atoms with E-state index in [1.54, 1.807) is 13.3 Å². The Balaban J connectivity index is 1.39. The zero-order valence-corrected chi connectivity index (χ0v) is 21.8. The highest BCUT2D eigenvalue weighted by Crippen LogP contribution is 2.35. The lowest BCUT2D eigenvalue weighted by atomic mass is 9.79. The number of hydrogen-bond donors (Lipinski definition) is 2. The number of aliphatic carboxylic acids is 1. The van der Waals surface area contributed by atoms with Gasteiger partial charge in [0.1, 0.15) is 5.75 Å². The molecule has 0 aliphatic carbocycles. The zero-order valence-electron chi connectivity index (χ0n) is 21.1. The van der Waals surface area contributed by atoms with Gasteiger partial charge in [-0.2, -0.15) is 0 Å². The van der Waals surface area contributed by atoms with Crippen molar-refractivity contribution in [1.29, 1.82) is 0 Å². The van der Waals surface area contributed by atoms with Gasteiger partial charge in [0.05, 0.1) is 25.3 Å². The maximum absolute atomic E-state index is 11.3. The third-order valence-electron chi connectivity index (χ3n) is 7.24. The summed E-state index contributed by atoms with van der Waals surface area (Å²) in [4.78, 5) is 18.0. The highest BCUT2D eigenvalue weighted by molar-refractivity contribution is 6.30. The van der Waals surface area contributed by atoms with Gasteiger partial charge in [0, 0.05) is 35.1 Å². The molecule has 0 radical (unpaired) electrons.